The predicted molar refractivity (Wildman–Crippen MR) is 77.7 cm³/mol. The lowest BCUT2D eigenvalue weighted by Crippen LogP contribution is -2.16. The van der Waals surface area contributed by atoms with Crippen molar-refractivity contribution in [2.75, 3.05) is 10.5 Å². The first-order chi connectivity index (χ1) is 9.95. The Hall–Kier alpha value is -2.61. The molecule has 0 saturated heterocycles. The minimum absolute atomic E-state index is 0.0415. The predicted octanol–water partition coefficient (Wildman–Crippen LogP) is 2.08. The Morgan fingerprint density at radius 2 is 1.95 bits per heavy atom. The van der Waals surface area contributed by atoms with Gasteiger partial charge in [0, 0.05) is 0 Å². The molecule has 8 heteroatoms. The number of sulfonamides is 1. The van der Waals surface area contributed by atoms with E-state index in [0.29, 0.717) is 11.0 Å². The topological polar surface area (TPSA) is 101 Å². The van der Waals surface area contributed by atoms with E-state index >= 15 is 0 Å². The van der Waals surface area contributed by atoms with Crippen LogP contribution in [0.15, 0.2) is 47.4 Å². The number of benzene rings is 2. The van der Waals surface area contributed by atoms with Crippen molar-refractivity contribution >= 4 is 32.7 Å². The van der Waals surface area contributed by atoms with Crippen LogP contribution in [0.2, 0.25) is 0 Å². The van der Waals surface area contributed by atoms with E-state index in [9.17, 15) is 12.8 Å². The molecule has 108 valence electrons. The summed E-state index contributed by atoms with van der Waals surface area (Å²) in [4.78, 5) is 6.58. The summed E-state index contributed by atoms with van der Waals surface area (Å²) in [6.45, 7) is 0. The molecule has 3 aromatic rings. The summed E-state index contributed by atoms with van der Waals surface area (Å²) < 4.78 is 39.9. The molecule has 2 aromatic carbocycles. The lowest BCUT2D eigenvalue weighted by Gasteiger charge is -2.07. The Labute approximate surface area is 119 Å². The zero-order valence-corrected chi connectivity index (χ0v) is 11.5. The molecule has 0 fully saturated rings. The number of halogens is 1. The smallest absolute Gasteiger partial charge is 0.266 e. The maximum atomic E-state index is 13.2. The van der Waals surface area contributed by atoms with Crippen molar-refractivity contribution < 1.29 is 12.8 Å². The van der Waals surface area contributed by atoms with E-state index in [1.807, 2.05) is 0 Å². The van der Waals surface area contributed by atoms with Crippen LogP contribution in [-0.4, -0.2) is 18.4 Å². The van der Waals surface area contributed by atoms with Gasteiger partial charge in [0.2, 0.25) is 5.95 Å². The van der Waals surface area contributed by atoms with Crippen LogP contribution >= 0.6 is 0 Å². The SMILES string of the molecule is Nc1ccc(F)cc1S(=O)(=O)Nc1nc2ccccc2[nH]1. The minimum Gasteiger partial charge on any atom is -0.398 e. The van der Waals surface area contributed by atoms with Crippen molar-refractivity contribution in [2.24, 2.45) is 0 Å². The minimum atomic E-state index is -4.02. The van der Waals surface area contributed by atoms with E-state index in [0.717, 1.165) is 12.1 Å². The Balaban J connectivity index is 2.01. The molecule has 21 heavy (non-hydrogen) atoms. The van der Waals surface area contributed by atoms with Gasteiger partial charge in [-0.05, 0) is 30.3 Å². The van der Waals surface area contributed by atoms with Gasteiger partial charge in [-0.15, -0.1) is 0 Å². The van der Waals surface area contributed by atoms with E-state index in [4.69, 9.17) is 5.73 Å². The highest BCUT2D eigenvalue weighted by Crippen LogP contribution is 2.22. The second-order valence-electron chi connectivity index (χ2n) is 4.39. The van der Waals surface area contributed by atoms with Gasteiger partial charge in [-0.2, -0.15) is 0 Å². The molecule has 0 aliphatic heterocycles. The molecule has 0 aliphatic rings. The Bertz CT molecular complexity index is 888. The fourth-order valence-corrected chi connectivity index (χ4v) is 3.03. The number of nitrogens with one attached hydrogen (secondary N) is 2. The number of aromatic nitrogens is 2. The quantitative estimate of drug-likeness (QED) is 0.645. The Morgan fingerprint density at radius 3 is 2.71 bits per heavy atom. The van der Waals surface area contributed by atoms with E-state index in [1.54, 1.807) is 24.3 Å². The number of nitrogens with zero attached hydrogens (tertiary/aromatic N) is 1. The molecule has 0 bridgehead atoms. The summed E-state index contributed by atoms with van der Waals surface area (Å²) in [7, 11) is -4.02. The molecule has 0 amide bonds. The molecule has 0 radical (unpaired) electrons. The molecule has 0 unspecified atom stereocenters. The molecule has 0 aliphatic carbocycles. The van der Waals surface area contributed by atoms with Crippen molar-refractivity contribution in [1.82, 2.24) is 9.97 Å². The number of rotatable bonds is 3. The van der Waals surface area contributed by atoms with Gasteiger partial charge in [0.25, 0.3) is 10.0 Å². The third kappa shape index (κ3) is 2.52. The highest BCUT2D eigenvalue weighted by molar-refractivity contribution is 7.92. The number of hydrogen-bond donors (Lipinski definition) is 3. The van der Waals surface area contributed by atoms with Gasteiger partial charge < -0.3 is 10.7 Å². The van der Waals surface area contributed by atoms with Crippen molar-refractivity contribution in [3.8, 4) is 0 Å². The van der Waals surface area contributed by atoms with E-state index in [2.05, 4.69) is 14.7 Å². The normalized spacial score (nSPS) is 11.7. The number of hydrogen-bond acceptors (Lipinski definition) is 4. The van der Waals surface area contributed by atoms with Gasteiger partial charge in [0.1, 0.15) is 10.7 Å². The summed E-state index contributed by atoms with van der Waals surface area (Å²) in [6.07, 6.45) is 0. The van der Waals surface area contributed by atoms with Crippen LogP contribution < -0.4 is 10.5 Å². The monoisotopic (exact) mass is 306 g/mol. The van der Waals surface area contributed by atoms with Crippen molar-refractivity contribution in [1.29, 1.82) is 0 Å². The first-order valence-electron chi connectivity index (χ1n) is 5.98. The lowest BCUT2D eigenvalue weighted by atomic mass is 10.3. The van der Waals surface area contributed by atoms with Crippen molar-refractivity contribution in [2.45, 2.75) is 4.90 Å². The Kier molecular flexibility index (Phi) is 3.02. The summed E-state index contributed by atoms with van der Waals surface area (Å²) >= 11 is 0. The molecule has 4 N–H and O–H groups in total. The Morgan fingerprint density at radius 1 is 1.19 bits per heavy atom. The zero-order chi connectivity index (χ0) is 15.0. The first-order valence-corrected chi connectivity index (χ1v) is 7.46. The second kappa shape index (κ2) is 4.74. The van der Waals surface area contributed by atoms with Crippen molar-refractivity contribution in [3.05, 3.63) is 48.3 Å². The van der Waals surface area contributed by atoms with Crippen molar-refractivity contribution in [3.63, 3.8) is 0 Å². The molecule has 1 heterocycles. The average Bonchev–Trinajstić information content (AvgIpc) is 2.82. The summed E-state index contributed by atoms with van der Waals surface area (Å²) in [5.41, 5.74) is 6.84. The van der Waals surface area contributed by atoms with Gasteiger partial charge in [0.15, 0.2) is 0 Å². The zero-order valence-electron chi connectivity index (χ0n) is 10.7. The largest absolute Gasteiger partial charge is 0.398 e. The third-order valence-electron chi connectivity index (χ3n) is 2.89. The number of anilines is 2. The summed E-state index contributed by atoms with van der Waals surface area (Å²) in [5.74, 6) is -0.644. The molecule has 6 nitrogen and oxygen atoms in total. The van der Waals surface area contributed by atoms with Crippen LogP contribution in [0.1, 0.15) is 0 Å². The number of aromatic amines is 1. The maximum Gasteiger partial charge on any atom is 0.266 e. The average molecular weight is 306 g/mol. The van der Waals surface area contributed by atoms with Gasteiger partial charge in [-0.25, -0.2) is 22.5 Å². The summed E-state index contributed by atoms with van der Waals surface area (Å²) in [5, 5.41) is 0. The van der Waals surface area contributed by atoms with Crippen LogP contribution in [0.25, 0.3) is 11.0 Å². The molecule has 0 spiro atoms. The standard InChI is InChI=1S/C13H11FN4O2S/c14-8-5-6-9(15)12(7-8)21(19,20)18-13-16-10-3-1-2-4-11(10)17-13/h1-7H,15H2,(H2,16,17,18). The van der Waals surface area contributed by atoms with Gasteiger partial charge in [-0.3, -0.25) is 0 Å². The van der Waals surface area contributed by atoms with Crippen LogP contribution in [0.4, 0.5) is 16.0 Å². The van der Waals surface area contributed by atoms with Crippen LogP contribution in [0, 0.1) is 5.82 Å². The number of nitrogens with two attached hydrogens (primary N) is 1. The molecular weight excluding hydrogens is 295 g/mol. The van der Waals surface area contributed by atoms with Gasteiger partial charge in [0.05, 0.1) is 16.7 Å². The fourth-order valence-electron chi connectivity index (χ4n) is 1.92. The first kappa shape index (κ1) is 13.4. The van der Waals surface area contributed by atoms with E-state index in [1.165, 1.54) is 6.07 Å². The molecule has 0 atom stereocenters. The molecule has 0 saturated carbocycles. The third-order valence-corrected chi connectivity index (χ3v) is 4.28. The lowest BCUT2D eigenvalue weighted by molar-refractivity contribution is 0.595. The highest BCUT2D eigenvalue weighted by atomic mass is 32.2. The molecular formula is C13H11FN4O2S. The fraction of sp³-hybridized carbons (Fsp3) is 0. The number of fused-ring (bicyclic) bond motifs is 1. The van der Waals surface area contributed by atoms with E-state index in [-0.39, 0.29) is 16.5 Å². The van der Waals surface area contributed by atoms with Crippen LogP contribution in [0.5, 0.6) is 0 Å². The number of para-hydroxylation sites is 2. The van der Waals surface area contributed by atoms with Crippen LogP contribution in [0.3, 0.4) is 0 Å². The van der Waals surface area contributed by atoms with E-state index < -0.39 is 15.8 Å². The van der Waals surface area contributed by atoms with Gasteiger partial charge >= 0.3 is 0 Å². The number of nitrogen functional groups attached to an aromatic ring is 1. The second-order valence-corrected chi connectivity index (χ2v) is 6.04. The van der Waals surface area contributed by atoms with Gasteiger partial charge in [-0.1, -0.05) is 12.1 Å². The number of H-pyrrole nitrogens is 1. The van der Waals surface area contributed by atoms with Crippen LogP contribution in [-0.2, 0) is 10.0 Å². The molecule has 1 aromatic heterocycles. The maximum absolute atomic E-state index is 13.2. The summed E-state index contributed by atoms with van der Waals surface area (Å²) in [6, 6.07) is 10.2. The molecule has 3 rings (SSSR count). The number of imidazole rings is 1. The highest BCUT2D eigenvalue weighted by Gasteiger charge is 2.20.